The van der Waals surface area contributed by atoms with Crippen LogP contribution < -0.4 is 15.2 Å². The van der Waals surface area contributed by atoms with Gasteiger partial charge < -0.3 is 15.2 Å². The van der Waals surface area contributed by atoms with Crippen LogP contribution in [-0.2, 0) is 0 Å². The summed E-state index contributed by atoms with van der Waals surface area (Å²) in [6.45, 7) is 0. The third-order valence-electron chi connectivity index (χ3n) is 2.85. The normalized spacial score (nSPS) is 16.4. The van der Waals surface area contributed by atoms with E-state index in [0.29, 0.717) is 17.2 Å². The second-order valence-corrected chi connectivity index (χ2v) is 4.97. The molecule has 1 fully saturated rings. The highest BCUT2D eigenvalue weighted by atomic mass is 79.9. The number of nitrogen functional groups attached to an aromatic ring is 1. The van der Waals surface area contributed by atoms with Gasteiger partial charge in [0.2, 0.25) is 0 Å². The van der Waals surface area contributed by atoms with Crippen LogP contribution in [0, 0.1) is 0 Å². The third kappa shape index (κ3) is 2.43. The average Bonchev–Trinajstić information content (AvgIpc) is 2.74. The van der Waals surface area contributed by atoms with E-state index in [1.54, 1.807) is 7.11 Å². The molecule has 0 atom stereocenters. The van der Waals surface area contributed by atoms with Gasteiger partial charge in [0.1, 0.15) is 0 Å². The Morgan fingerprint density at radius 3 is 2.62 bits per heavy atom. The molecule has 1 aromatic carbocycles. The van der Waals surface area contributed by atoms with E-state index in [2.05, 4.69) is 15.9 Å². The first-order valence-electron chi connectivity index (χ1n) is 5.50. The molecule has 3 nitrogen and oxygen atoms in total. The molecular weight excluding hydrogens is 270 g/mol. The summed E-state index contributed by atoms with van der Waals surface area (Å²) < 4.78 is 12.1. The molecule has 2 N–H and O–H groups in total. The Labute approximate surface area is 104 Å². The minimum Gasteiger partial charge on any atom is -0.493 e. The second-order valence-electron chi connectivity index (χ2n) is 4.05. The molecule has 16 heavy (non-hydrogen) atoms. The fourth-order valence-electron chi connectivity index (χ4n) is 2.04. The number of hydrogen-bond donors (Lipinski definition) is 1. The molecule has 1 saturated carbocycles. The zero-order valence-electron chi connectivity index (χ0n) is 9.33. The average molecular weight is 286 g/mol. The van der Waals surface area contributed by atoms with Crippen LogP contribution in [0.25, 0.3) is 0 Å². The van der Waals surface area contributed by atoms with E-state index in [9.17, 15) is 0 Å². The highest BCUT2D eigenvalue weighted by Crippen LogP contribution is 2.38. The van der Waals surface area contributed by atoms with Gasteiger partial charge in [-0.15, -0.1) is 0 Å². The monoisotopic (exact) mass is 285 g/mol. The Kier molecular flexibility index (Phi) is 3.59. The van der Waals surface area contributed by atoms with Crippen LogP contribution in [0.15, 0.2) is 16.6 Å². The van der Waals surface area contributed by atoms with Crippen LogP contribution in [0.2, 0.25) is 0 Å². The van der Waals surface area contributed by atoms with Gasteiger partial charge in [0, 0.05) is 4.47 Å². The fourth-order valence-corrected chi connectivity index (χ4v) is 2.49. The van der Waals surface area contributed by atoms with Crippen molar-refractivity contribution >= 4 is 21.6 Å². The van der Waals surface area contributed by atoms with Gasteiger partial charge in [-0.2, -0.15) is 0 Å². The first kappa shape index (κ1) is 11.6. The molecule has 1 aliphatic rings. The molecule has 0 heterocycles. The molecule has 0 aromatic heterocycles. The predicted molar refractivity (Wildman–Crippen MR) is 68.0 cm³/mol. The number of halogens is 1. The quantitative estimate of drug-likeness (QED) is 0.866. The zero-order valence-corrected chi connectivity index (χ0v) is 10.9. The van der Waals surface area contributed by atoms with Crippen LogP contribution in [-0.4, -0.2) is 13.2 Å². The molecular formula is C12H16BrNO2. The predicted octanol–water partition coefficient (Wildman–Crippen LogP) is 3.36. The van der Waals surface area contributed by atoms with Crippen LogP contribution in [0.1, 0.15) is 25.7 Å². The summed E-state index contributed by atoms with van der Waals surface area (Å²) in [7, 11) is 1.63. The van der Waals surface area contributed by atoms with Crippen molar-refractivity contribution in [3.8, 4) is 11.5 Å². The zero-order chi connectivity index (χ0) is 11.5. The van der Waals surface area contributed by atoms with Gasteiger partial charge in [-0.05, 0) is 37.8 Å². The second kappa shape index (κ2) is 4.95. The van der Waals surface area contributed by atoms with Gasteiger partial charge in [0.05, 0.1) is 18.9 Å². The fraction of sp³-hybridized carbons (Fsp3) is 0.500. The third-order valence-corrected chi connectivity index (χ3v) is 3.31. The lowest BCUT2D eigenvalue weighted by molar-refractivity contribution is 0.202. The van der Waals surface area contributed by atoms with Crippen LogP contribution in [0.4, 0.5) is 5.69 Å². The maximum Gasteiger partial charge on any atom is 0.184 e. The summed E-state index contributed by atoms with van der Waals surface area (Å²) in [6, 6.07) is 3.72. The first-order chi connectivity index (χ1) is 7.70. The summed E-state index contributed by atoms with van der Waals surface area (Å²) in [5.41, 5.74) is 6.56. The van der Waals surface area contributed by atoms with Crippen molar-refractivity contribution < 1.29 is 9.47 Å². The Morgan fingerprint density at radius 2 is 2.00 bits per heavy atom. The van der Waals surface area contributed by atoms with E-state index in [0.717, 1.165) is 17.3 Å². The molecule has 0 saturated heterocycles. The van der Waals surface area contributed by atoms with E-state index in [1.807, 2.05) is 12.1 Å². The van der Waals surface area contributed by atoms with Crippen molar-refractivity contribution in [3.05, 3.63) is 16.6 Å². The van der Waals surface area contributed by atoms with E-state index in [1.165, 1.54) is 12.8 Å². The van der Waals surface area contributed by atoms with Crippen molar-refractivity contribution in [1.82, 2.24) is 0 Å². The van der Waals surface area contributed by atoms with Crippen molar-refractivity contribution in [2.24, 2.45) is 0 Å². The number of benzene rings is 1. The smallest absolute Gasteiger partial charge is 0.184 e. The number of methoxy groups -OCH3 is 1. The van der Waals surface area contributed by atoms with Crippen molar-refractivity contribution in [2.45, 2.75) is 31.8 Å². The van der Waals surface area contributed by atoms with Gasteiger partial charge in [0.15, 0.2) is 11.5 Å². The highest BCUT2D eigenvalue weighted by Gasteiger charge is 2.20. The molecule has 1 aliphatic carbocycles. The van der Waals surface area contributed by atoms with Gasteiger partial charge in [-0.1, -0.05) is 15.9 Å². The van der Waals surface area contributed by atoms with E-state index < -0.39 is 0 Å². The molecule has 2 rings (SSSR count). The number of anilines is 1. The van der Waals surface area contributed by atoms with Gasteiger partial charge in [-0.3, -0.25) is 0 Å². The molecule has 1 aromatic rings. The molecule has 0 aliphatic heterocycles. The first-order valence-corrected chi connectivity index (χ1v) is 6.29. The molecule has 4 heteroatoms. The summed E-state index contributed by atoms with van der Waals surface area (Å²) in [4.78, 5) is 0. The summed E-state index contributed by atoms with van der Waals surface area (Å²) in [6.07, 6.45) is 4.99. The van der Waals surface area contributed by atoms with Gasteiger partial charge in [0.25, 0.3) is 0 Å². The Hall–Kier alpha value is -0.900. The number of rotatable bonds is 3. The number of hydrogen-bond acceptors (Lipinski definition) is 3. The summed E-state index contributed by atoms with van der Waals surface area (Å²) in [5, 5.41) is 0. The molecule has 88 valence electrons. The highest BCUT2D eigenvalue weighted by molar-refractivity contribution is 9.10. The maximum absolute atomic E-state index is 5.94. The van der Waals surface area contributed by atoms with Crippen LogP contribution in [0.5, 0.6) is 11.5 Å². The van der Waals surface area contributed by atoms with Crippen LogP contribution in [0.3, 0.4) is 0 Å². The van der Waals surface area contributed by atoms with E-state index in [4.69, 9.17) is 15.2 Å². The summed E-state index contributed by atoms with van der Waals surface area (Å²) in [5.74, 6) is 1.37. The number of nitrogens with two attached hydrogens (primary N) is 1. The van der Waals surface area contributed by atoms with Crippen LogP contribution >= 0.6 is 15.9 Å². The lowest BCUT2D eigenvalue weighted by atomic mass is 10.2. The molecule has 0 spiro atoms. The minimum atomic E-state index is 0.289. The standard InChI is InChI=1S/C12H16BrNO2/c1-15-11-7-8(13)6-10(14)12(11)16-9-4-2-3-5-9/h6-7,9H,2-5,14H2,1H3. The van der Waals surface area contributed by atoms with E-state index >= 15 is 0 Å². The largest absolute Gasteiger partial charge is 0.493 e. The lowest BCUT2D eigenvalue weighted by Gasteiger charge is -2.17. The lowest BCUT2D eigenvalue weighted by Crippen LogP contribution is -2.12. The Bertz CT molecular complexity index is 376. The molecule has 0 radical (unpaired) electrons. The van der Waals surface area contributed by atoms with E-state index in [-0.39, 0.29) is 6.10 Å². The molecule has 0 bridgehead atoms. The Balaban J connectivity index is 2.23. The van der Waals surface area contributed by atoms with Crippen molar-refractivity contribution in [1.29, 1.82) is 0 Å². The summed E-state index contributed by atoms with van der Waals surface area (Å²) >= 11 is 3.39. The maximum atomic E-state index is 5.94. The van der Waals surface area contributed by atoms with Gasteiger partial charge in [-0.25, -0.2) is 0 Å². The molecule has 0 unspecified atom stereocenters. The SMILES string of the molecule is COc1cc(Br)cc(N)c1OC1CCCC1. The number of ether oxygens (including phenoxy) is 2. The van der Waals surface area contributed by atoms with Crippen molar-refractivity contribution in [2.75, 3.05) is 12.8 Å². The van der Waals surface area contributed by atoms with Gasteiger partial charge >= 0.3 is 0 Å². The minimum absolute atomic E-state index is 0.289. The van der Waals surface area contributed by atoms with Crippen molar-refractivity contribution in [3.63, 3.8) is 0 Å². The Morgan fingerprint density at radius 1 is 1.31 bits per heavy atom. The molecule has 0 amide bonds. The topological polar surface area (TPSA) is 44.5 Å².